The topological polar surface area (TPSA) is 96.0 Å². The Morgan fingerprint density at radius 3 is 2.34 bits per heavy atom. The van der Waals surface area contributed by atoms with Crippen molar-refractivity contribution in [1.82, 2.24) is 10.2 Å². The first-order chi connectivity index (χ1) is 17.6. The van der Waals surface area contributed by atoms with Gasteiger partial charge in [-0.15, -0.1) is 0 Å². The Morgan fingerprint density at radius 2 is 1.79 bits per heavy atom. The van der Waals surface area contributed by atoms with Crippen LogP contribution in [0.2, 0.25) is 5.02 Å². The van der Waals surface area contributed by atoms with E-state index in [4.69, 9.17) is 16.3 Å². The van der Waals surface area contributed by atoms with Gasteiger partial charge in [-0.25, -0.2) is 8.42 Å². The summed E-state index contributed by atoms with van der Waals surface area (Å²) in [5.74, 6) is -0.758. The van der Waals surface area contributed by atoms with E-state index in [2.05, 4.69) is 5.32 Å². The zero-order valence-corrected chi connectivity index (χ0v) is 23.2. The summed E-state index contributed by atoms with van der Waals surface area (Å²) >= 11 is 5.68. The predicted molar refractivity (Wildman–Crippen MR) is 140 cm³/mol. The number of nitrogens with zero attached hydrogens (tertiary/aromatic N) is 2. The van der Waals surface area contributed by atoms with Gasteiger partial charge in [0.25, 0.3) is 0 Å². The molecule has 0 saturated heterocycles. The van der Waals surface area contributed by atoms with E-state index in [1.807, 2.05) is 6.92 Å². The van der Waals surface area contributed by atoms with E-state index in [9.17, 15) is 31.2 Å². The molecule has 0 radical (unpaired) electrons. The number of hydrogen-bond donors (Lipinski definition) is 1. The molecule has 0 bridgehead atoms. The van der Waals surface area contributed by atoms with Gasteiger partial charge in [0.2, 0.25) is 21.8 Å². The van der Waals surface area contributed by atoms with Crippen LogP contribution in [0.4, 0.5) is 18.9 Å². The Labute approximate surface area is 225 Å². The molecule has 2 rings (SSSR count). The van der Waals surface area contributed by atoms with Crippen LogP contribution >= 0.6 is 11.6 Å². The highest BCUT2D eigenvalue weighted by atomic mass is 35.5. The van der Waals surface area contributed by atoms with Gasteiger partial charge in [-0.3, -0.25) is 13.9 Å². The largest absolute Gasteiger partial charge is 0.497 e. The number of ether oxygens (including phenoxy) is 1. The van der Waals surface area contributed by atoms with Gasteiger partial charge in [-0.2, -0.15) is 13.2 Å². The number of nitrogens with one attached hydrogen (secondary N) is 1. The molecule has 1 N–H and O–H groups in total. The first-order valence-corrected chi connectivity index (χ1v) is 13.9. The Kier molecular flexibility index (Phi) is 10.4. The van der Waals surface area contributed by atoms with Gasteiger partial charge in [0.15, 0.2) is 0 Å². The summed E-state index contributed by atoms with van der Waals surface area (Å²) in [6.45, 7) is 4.23. The van der Waals surface area contributed by atoms with E-state index in [1.54, 1.807) is 31.2 Å². The average Bonchev–Trinajstić information content (AvgIpc) is 2.84. The number of anilines is 1. The number of hydrogen-bond acceptors (Lipinski definition) is 5. The third-order valence-corrected chi connectivity index (χ3v) is 7.35. The second-order valence-corrected chi connectivity index (χ2v) is 11.1. The summed E-state index contributed by atoms with van der Waals surface area (Å²) in [4.78, 5) is 27.6. The molecule has 0 aliphatic heterocycles. The highest BCUT2D eigenvalue weighted by Crippen LogP contribution is 2.37. The lowest BCUT2D eigenvalue weighted by Crippen LogP contribution is -2.52. The lowest BCUT2D eigenvalue weighted by atomic mass is 10.1. The maximum absolute atomic E-state index is 13.5. The molecule has 2 aromatic carbocycles. The van der Waals surface area contributed by atoms with Gasteiger partial charge in [0, 0.05) is 12.6 Å². The van der Waals surface area contributed by atoms with Crippen LogP contribution in [-0.2, 0) is 32.3 Å². The number of sulfonamides is 1. The van der Waals surface area contributed by atoms with Crippen molar-refractivity contribution < 1.29 is 35.9 Å². The molecule has 0 aliphatic carbocycles. The van der Waals surface area contributed by atoms with E-state index in [0.29, 0.717) is 28.1 Å². The van der Waals surface area contributed by atoms with Crippen molar-refractivity contribution in [3.05, 3.63) is 58.6 Å². The van der Waals surface area contributed by atoms with Crippen molar-refractivity contribution in [3.8, 4) is 5.75 Å². The zero-order chi connectivity index (χ0) is 28.8. The lowest BCUT2D eigenvalue weighted by molar-refractivity contribution is -0.139. The van der Waals surface area contributed by atoms with Crippen LogP contribution < -0.4 is 14.4 Å². The fourth-order valence-electron chi connectivity index (χ4n) is 3.51. The standard InChI is InChI=1S/C25H31ClF3N3O5S/c1-6-16(2)30-24(34)17(3)31(14-18-8-7-9-20(12-18)37-4)23(33)15-32(38(5,35)36)19-10-11-22(26)21(13-19)25(27,28)29/h7-13,16-17H,6,14-15H2,1-5H3,(H,30,34)/t16-,17-/m0/s1. The van der Waals surface area contributed by atoms with Crippen LogP contribution in [0, 0.1) is 0 Å². The third kappa shape index (κ3) is 8.26. The monoisotopic (exact) mass is 577 g/mol. The summed E-state index contributed by atoms with van der Waals surface area (Å²) in [6, 6.07) is 8.10. The summed E-state index contributed by atoms with van der Waals surface area (Å²) in [6.07, 6.45) is -3.43. The van der Waals surface area contributed by atoms with E-state index in [0.717, 1.165) is 18.4 Å². The lowest BCUT2D eigenvalue weighted by Gasteiger charge is -2.32. The molecule has 8 nitrogen and oxygen atoms in total. The number of methoxy groups -OCH3 is 1. The average molecular weight is 578 g/mol. The van der Waals surface area contributed by atoms with Crippen molar-refractivity contribution >= 4 is 39.1 Å². The molecular weight excluding hydrogens is 547 g/mol. The summed E-state index contributed by atoms with van der Waals surface area (Å²) in [7, 11) is -2.75. The highest BCUT2D eigenvalue weighted by molar-refractivity contribution is 7.92. The maximum Gasteiger partial charge on any atom is 0.417 e. The maximum atomic E-state index is 13.5. The molecule has 0 heterocycles. The number of benzene rings is 2. The minimum absolute atomic E-state index is 0.0862. The van der Waals surface area contributed by atoms with Gasteiger partial charge in [-0.05, 0) is 56.2 Å². The molecule has 2 atom stereocenters. The highest BCUT2D eigenvalue weighted by Gasteiger charge is 2.35. The fourth-order valence-corrected chi connectivity index (χ4v) is 4.58. The molecule has 0 unspecified atom stereocenters. The number of carbonyl (C=O) groups excluding carboxylic acids is 2. The molecular formula is C25H31ClF3N3O5S. The summed E-state index contributed by atoms with van der Waals surface area (Å²) in [5, 5.41) is 2.17. The number of carbonyl (C=O) groups is 2. The molecule has 0 aromatic heterocycles. The Morgan fingerprint density at radius 1 is 1.13 bits per heavy atom. The van der Waals surface area contributed by atoms with Crippen LogP contribution in [0.15, 0.2) is 42.5 Å². The van der Waals surface area contributed by atoms with Crippen LogP contribution in [0.3, 0.4) is 0 Å². The predicted octanol–water partition coefficient (Wildman–Crippen LogP) is 4.47. The van der Waals surface area contributed by atoms with Gasteiger partial charge in [0.05, 0.1) is 29.6 Å². The minimum Gasteiger partial charge on any atom is -0.497 e. The molecule has 0 saturated carbocycles. The zero-order valence-electron chi connectivity index (χ0n) is 21.7. The molecule has 2 aromatic rings. The van der Waals surface area contributed by atoms with Gasteiger partial charge >= 0.3 is 6.18 Å². The molecule has 210 valence electrons. The quantitative estimate of drug-likeness (QED) is 0.425. The minimum atomic E-state index is -4.85. The van der Waals surface area contributed by atoms with Crippen LogP contribution in [0.1, 0.15) is 38.3 Å². The molecule has 0 aliphatic rings. The number of amides is 2. The fraction of sp³-hybridized carbons (Fsp3) is 0.440. The Balaban J connectivity index is 2.49. The van der Waals surface area contributed by atoms with Crippen molar-refractivity contribution in [2.24, 2.45) is 0 Å². The SMILES string of the molecule is CC[C@H](C)NC(=O)[C@H](C)N(Cc1cccc(OC)c1)C(=O)CN(c1ccc(Cl)c(C(F)(F)F)c1)S(C)(=O)=O. The molecule has 0 spiro atoms. The Hall–Kier alpha value is -2.99. The number of alkyl halides is 3. The molecule has 13 heteroatoms. The molecule has 2 amide bonds. The first-order valence-electron chi connectivity index (χ1n) is 11.7. The second kappa shape index (κ2) is 12.7. The molecule has 0 fully saturated rings. The second-order valence-electron chi connectivity index (χ2n) is 8.80. The summed E-state index contributed by atoms with van der Waals surface area (Å²) in [5.41, 5.74) is -1.04. The number of halogens is 4. The van der Waals surface area contributed by atoms with Gasteiger partial charge in [-0.1, -0.05) is 30.7 Å². The van der Waals surface area contributed by atoms with Crippen LogP contribution in [0.5, 0.6) is 5.75 Å². The Bertz CT molecular complexity index is 1260. The van der Waals surface area contributed by atoms with Crippen LogP contribution in [0.25, 0.3) is 0 Å². The van der Waals surface area contributed by atoms with E-state index >= 15 is 0 Å². The van der Waals surface area contributed by atoms with Crippen molar-refractivity contribution in [1.29, 1.82) is 0 Å². The van der Waals surface area contributed by atoms with E-state index in [-0.39, 0.29) is 12.6 Å². The van der Waals surface area contributed by atoms with Crippen molar-refractivity contribution in [2.75, 3.05) is 24.2 Å². The van der Waals surface area contributed by atoms with Gasteiger partial charge in [0.1, 0.15) is 18.3 Å². The number of rotatable bonds is 11. The smallest absolute Gasteiger partial charge is 0.417 e. The van der Waals surface area contributed by atoms with Gasteiger partial charge < -0.3 is 15.0 Å². The van der Waals surface area contributed by atoms with E-state index in [1.165, 1.54) is 18.9 Å². The van der Waals surface area contributed by atoms with Crippen LogP contribution in [-0.4, -0.2) is 57.1 Å². The van der Waals surface area contributed by atoms with Crippen molar-refractivity contribution in [3.63, 3.8) is 0 Å². The normalized spacial score (nSPS) is 13.4. The first kappa shape index (κ1) is 31.2. The van der Waals surface area contributed by atoms with Crippen molar-refractivity contribution in [2.45, 2.75) is 52.0 Å². The third-order valence-electron chi connectivity index (χ3n) is 5.88. The summed E-state index contributed by atoms with van der Waals surface area (Å²) < 4.78 is 71.3. The van der Waals surface area contributed by atoms with E-state index < -0.39 is 56.9 Å². The molecule has 38 heavy (non-hydrogen) atoms.